The maximum Gasteiger partial charge on any atom is 0.251 e. The van der Waals surface area contributed by atoms with Crippen molar-refractivity contribution in [2.24, 2.45) is 0 Å². The van der Waals surface area contributed by atoms with Crippen LogP contribution in [0.3, 0.4) is 0 Å². The van der Waals surface area contributed by atoms with Gasteiger partial charge in [-0.05, 0) is 50.5 Å². The molecule has 1 heterocycles. The van der Waals surface area contributed by atoms with Crippen molar-refractivity contribution in [3.05, 3.63) is 71.0 Å². The van der Waals surface area contributed by atoms with Crippen molar-refractivity contribution >= 4 is 16.9 Å². The first-order chi connectivity index (χ1) is 13.1. The maximum atomic E-state index is 12.3. The Labute approximate surface area is 159 Å². The minimum absolute atomic E-state index is 0.0961. The SMILES string of the molecule is Cc1nc2ccc(C(=O)NCCCOCCc3ccccc3)cc2nc1C. The van der Waals surface area contributed by atoms with Crippen LogP contribution in [0, 0.1) is 13.8 Å². The Morgan fingerprint density at radius 3 is 2.48 bits per heavy atom. The molecule has 140 valence electrons. The summed E-state index contributed by atoms with van der Waals surface area (Å²) in [6.07, 6.45) is 1.69. The van der Waals surface area contributed by atoms with Gasteiger partial charge in [-0.2, -0.15) is 0 Å². The van der Waals surface area contributed by atoms with Gasteiger partial charge in [-0.15, -0.1) is 0 Å². The normalized spacial score (nSPS) is 10.9. The van der Waals surface area contributed by atoms with E-state index in [9.17, 15) is 4.79 Å². The van der Waals surface area contributed by atoms with E-state index in [-0.39, 0.29) is 5.91 Å². The van der Waals surface area contributed by atoms with Gasteiger partial charge in [0.1, 0.15) is 0 Å². The summed E-state index contributed by atoms with van der Waals surface area (Å²) in [6, 6.07) is 15.7. The van der Waals surface area contributed by atoms with Crippen LogP contribution >= 0.6 is 0 Å². The first-order valence-electron chi connectivity index (χ1n) is 9.28. The predicted octanol–water partition coefficient (Wildman–Crippen LogP) is 3.63. The van der Waals surface area contributed by atoms with Crippen molar-refractivity contribution in [2.75, 3.05) is 19.8 Å². The summed E-state index contributed by atoms with van der Waals surface area (Å²) in [5.74, 6) is -0.0961. The van der Waals surface area contributed by atoms with Gasteiger partial charge in [0.25, 0.3) is 5.91 Å². The quantitative estimate of drug-likeness (QED) is 0.621. The number of nitrogens with zero attached hydrogens (tertiary/aromatic N) is 2. The summed E-state index contributed by atoms with van der Waals surface area (Å²) in [5, 5.41) is 2.93. The van der Waals surface area contributed by atoms with Crippen molar-refractivity contribution in [1.82, 2.24) is 15.3 Å². The Bertz CT molecular complexity index is 910. The zero-order valence-electron chi connectivity index (χ0n) is 15.9. The van der Waals surface area contributed by atoms with Gasteiger partial charge in [-0.1, -0.05) is 30.3 Å². The topological polar surface area (TPSA) is 64.1 Å². The molecule has 0 saturated heterocycles. The highest BCUT2D eigenvalue weighted by Crippen LogP contribution is 2.14. The first-order valence-corrected chi connectivity index (χ1v) is 9.28. The molecule has 27 heavy (non-hydrogen) atoms. The Kier molecular flexibility index (Phi) is 6.49. The third-order valence-electron chi connectivity index (χ3n) is 4.47. The summed E-state index contributed by atoms with van der Waals surface area (Å²) in [4.78, 5) is 21.3. The summed E-state index contributed by atoms with van der Waals surface area (Å²) >= 11 is 0. The monoisotopic (exact) mass is 363 g/mol. The van der Waals surface area contributed by atoms with Gasteiger partial charge in [0.15, 0.2) is 0 Å². The van der Waals surface area contributed by atoms with E-state index in [0.29, 0.717) is 25.3 Å². The molecule has 3 rings (SSSR count). The molecule has 0 aliphatic carbocycles. The number of aromatic nitrogens is 2. The highest BCUT2D eigenvalue weighted by atomic mass is 16.5. The molecule has 0 saturated carbocycles. The fraction of sp³-hybridized carbons (Fsp3) is 0.318. The molecule has 0 aliphatic heterocycles. The minimum atomic E-state index is -0.0961. The van der Waals surface area contributed by atoms with E-state index >= 15 is 0 Å². The largest absolute Gasteiger partial charge is 0.381 e. The van der Waals surface area contributed by atoms with Crippen LogP contribution in [-0.2, 0) is 11.2 Å². The van der Waals surface area contributed by atoms with Crippen LogP contribution < -0.4 is 5.32 Å². The molecular weight excluding hydrogens is 338 g/mol. The molecule has 0 unspecified atom stereocenters. The highest BCUT2D eigenvalue weighted by molar-refractivity contribution is 5.97. The van der Waals surface area contributed by atoms with Crippen LogP contribution in [0.1, 0.15) is 33.7 Å². The molecule has 1 aromatic heterocycles. The number of ether oxygens (including phenoxy) is 1. The second-order valence-corrected chi connectivity index (χ2v) is 6.56. The maximum absolute atomic E-state index is 12.3. The van der Waals surface area contributed by atoms with Crippen molar-refractivity contribution in [1.29, 1.82) is 0 Å². The van der Waals surface area contributed by atoms with Crippen LogP contribution in [0.5, 0.6) is 0 Å². The molecule has 3 aromatic rings. The second-order valence-electron chi connectivity index (χ2n) is 6.56. The summed E-state index contributed by atoms with van der Waals surface area (Å²) in [5.41, 5.74) is 5.22. The van der Waals surface area contributed by atoms with Gasteiger partial charge in [-0.3, -0.25) is 4.79 Å². The van der Waals surface area contributed by atoms with Gasteiger partial charge < -0.3 is 10.1 Å². The summed E-state index contributed by atoms with van der Waals surface area (Å²) in [7, 11) is 0. The average molecular weight is 363 g/mol. The molecule has 5 nitrogen and oxygen atoms in total. The average Bonchev–Trinajstić information content (AvgIpc) is 2.68. The van der Waals surface area contributed by atoms with Crippen molar-refractivity contribution in [3.8, 4) is 0 Å². The van der Waals surface area contributed by atoms with Crippen molar-refractivity contribution in [3.63, 3.8) is 0 Å². The Morgan fingerprint density at radius 1 is 0.963 bits per heavy atom. The van der Waals surface area contributed by atoms with Crippen LogP contribution in [-0.4, -0.2) is 35.6 Å². The van der Waals surface area contributed by atoms with Gasteiger partial charge in [0, 0.05) is 18.7 Å². The molecule has 5 heteroatoms. The highest BCUT2D eigenvalue weighted by Gasteiger charge is 2.08. The van der Waals surface area contributed by atoms with Crippen LogP contribution in [0.25, 0.3) is 11.0 Å². The molecule has 0 fully saturated rings. The standard InChI is InChI=1S/C22H25N3O2/c1-16-17(2)25-21-15-19(9-10-20(21)24-16)22(26)23-12-6-13-27-14-11-18-7-4-3-5-8-18/h3-5,7-10,15H,6,11-14H2,1-2H3,(H,23,26). The molecular formula is C22H25N3O2. The Hall–Kier alpha value is -2.79. The van der Waals surface area contributed by atoms with Crippen molar-refractivity contribution < 1.29 is 9.53 Å². The number of aryl methyl sites for hydroxylation is 2. The van der Waals surface area contributed by atoms with Gasteiger partial charge in [0.05, 0.1) is 29.0 Å². The third kappa shape index (κ3) is 5.34. The Morgan fingerprint density at radius 2 is 1.70 bits per heavy atom. The molecule has 0 radical (unpaired) electrons. The number of amides is 1. The summed E-state index contributed by atoms with van der Waals surface area (Å²) < 4.78 is 5.64. The lowest BCUT2D eigenvalue weighted by atomic mass is 10.1. The number of carbonyl (C=O) groups is 1. The summed E-state index contributed by atoms with van der Waals surface area (Å²) in [6.45, 7) is 5.77. The molecule has 1 N–H and O–H groups in total. The molecule has 0 atom stereocenters. The van der Waals surface area contributed by atoms with E-state index in [4.69, 9.17) is 4.74 Å². The number of nitrogens with one attached hydrogen (secondary N) is 1. The third-order valence-corrected chi connectivity index (χ3v) is 4.47. The molecule has 0 aliphatic rings. The van der Waals surface area contributed by atoms with E-state index < -0.39 is 0 Å². The van der Waals surface area contributed by atoms with E-state index in [0.717, 1.165) is 35.3 Å². The van der Waals surface area contributed by atoms with Gasteiger partial charge in [-0.25, -0.2) is 9.97 Å². The van der Waals surface area contributed by atoms with Crippen molar-refractivity contribution in [2.45, 2.75) is 26.7 Å². The minimum Gasteiger partial charge on any atom is -0.381 e. The zero-order chi connectivity index (χ0) is 19.1. The van der Waals surface area contributed by atoms with Crippen LogP contribution in [0.15, 0.2) is 48.5 Å². The van der Waals surface area contributed by atoms with E-state index in [1.54, 1.807) is 12.1 Å². The second kappa shape index (κ2) is 9.24. The molecule has 1 amide bonds. The fourth-order valence-electron chi connectivity index (χ4n) is 2.79. The fourth-order valence-corrected chi connectivity index (χ4v) is 2.79. The lowest BCUT2D eigenvalue weighted by Crippen LogP contribution is -2.25. The van der Waals surface area contributed by atoms with E-state index in [1.165, 1.54) is 5.56 Å². The number of fused-ring (bicyclic) bond motifs is 1. The number of hydrogen-bond donors (Lipinski definition) is 1. The smallest absolute Gasteiger partial charge is 0.251 e. The number of rotatable bonds is 8. The van der Waals surface area contributed by atoms with E-state index in [2.05, 4.69) is 27.4 Å². The van der Waals surface area contributed by atoms with Gasteiger partial charge in [0.2, 0.25) is 0 Å². The van der Waals surface area contributed by atoms with Gasteiger partial charge >= 0.3 is 0 Å². The van der Waals surface area contributed by atoms with E-state index in [1.807, 2.05) is 38.1 Å². The van der Waals surface area contributed by atoms with Crippen LogP contribution in [0.2, 0.25) is 0 Å². The molecule has 2 aromatic carbocycles. The lowest BCUT2D eigenvalue weighted by molar-refractivity contribution is 0.0942. The predicted molar refractivity (Wildman–Crippen MR) is 107 cm³/mol. The van der Waals surface area contributed by atoms with Crippen LogP contribution in [0.4, 0.5) is 0 Å². The number of carbonyl (C=O) groups excluding carboxylic acids is 1. The lowest BCUT2D eigenvalue weighted by Gasteiger charge is -2.08. The number of benzene rings is 2. The Balaban J connectivity index is 1.40. The zero-order valence-corrected chi connectivity index (χ0v) is 15.9. The first kappa shape index (κ1) is 19.0. The number of hydrogen-bond acceptors (Lipinski definition) is 4. The molecule has 0 bridgehead atoms. The molecule has 0 spiro atoms.